The third-order valence-corrected chi connectivity index (χ3v) is 2.22. The van der Waals surface area contributed by atoms with Crippen LogP contribution in [-0.2, 0) is 4.79 Å². The van der Waals surface area contributed by atoms with E-state index in [1.807, 2.05) is 37.3 Å². The lowest BCUT2D eigenvalue weighted by Gasteiger charge is -2.07. The number of hydrogen-bond donors (Lipinski definition) is 0. The van der Waals surface area contributed by atoms with Gasteiger partial charge in [0, 0.05) is 5.92 Å². The molecule has 0 spiro atoms. The van der Waals surface area contributed by atoms with Crippen molar-refractivity contribution in [2.45, 2.75) is 26.2 Å². The van der Waals surface area contributed by atoms with Crippen LogP contribution in [0, 0.1) is 11.8 Å². The second-order valence-corrected chi connectivity index (χ2v) is 3.20. The molecule has 0 saturated carbocycles. The van der Waals surface area contributed by atoms with Crippen molar-refractivity contribution < 1.29 is 4.79 Å². The van der Waals surface area contributed by atoms with E-state index in [-0.39, 0.29) is 11.7 Å². The first-order valence-corrected chi connectivity index (χ1v) is 4.73. The topological polar surface area (TPSA) is 17.1 Å². The van der Waals surface area contributed by atoms with Crippen LogP contribution in [0.1, 0.15) is 31.7 Å². The molecule has 0 N–H and O–H groups in total. The molecule has 1 rings (SSSR count). The Kier molecular flexibility index (Phi) is 3.94. The monoisotopic (exact) mass is 186 g/mol. The van der Waals surface area contributed by atoms with Gasteiger partial charge in [-0.05, 0) is 12.5 Å². The Hall–Kier alpha value is -1.55. The van der Waals surface area contributed by atoms with Crippen LogP contribution in [0.25, 0.3) is 0 Å². The summed E-state index contributed by atoms with van der Waals surface area (Å²) in [6.45, 7) is 3.68. The van der Waals surface area contributed by atoms with E-state index in [9.17, 15) is 4.79 Å². The van der Waals surface area contributed by atoms with E-state index < -0.39 is 0 Å². The largest absolute Gasteiger partial charge is 0.298 e. The second kappa shape index (κ2) is 5.24. The molecule has 0 fully saturated rings. The number of hydrogen-bond acceptors (Lipinski definition) is 1. The van der Waals surface area contributed by atoms with Gasteiger partial charge in [-0.2, -0.15) is 0 Å². The Morgan fingerprint density at radius 3 is 2.57 bits per heavy atom. The van der Waals surface area contributed by atoms with Crippen LogP contribution in [0.4, 0.5) is 0 Å². The molecule has 1 aromatic rings. The molecule has 0 amide bonds. The molecular formula is C13H14O. The van der Waals surface area contributed by atoms with E-state index >= 15 is 0 Å². The molecule has 1 atom stereocenters. The standard InChI is InChI=1S/C13H14O/c1-3-4-10-13(14)11(2)12-8-6-5-7-9-12/h5-9,11H,10H2,1-2H3. The van der Waals surface area contributed by atoms with Gasteiger partial charge >= 0.3 is 0 Å². The molecule has 0 aliphatic heterocycles. The van der Waals surface area contributed by atoms with Gasteiger partial charge in [0.25, 0.3) is 0 Å². The Bertz CT molecular complexity index is 354. The molecule has 0 aromatic heterocycles. The fraction of sp³-hybridized carbons (Fsp3) is 0.308. The minimum absolute atomic E-state index is 0.0444. The predicted octanol–water partition coefficient (Wildman–Crippen LogP) is 2.77. The molecule has 0 aliphatic carbocycles. The predicted molar refractivity (Wildman–Crippen MR) is 57.9 cm³/mol. The van der Waals surface area contributed by atoms with Gasteiger partial charge in [-0.1, -0.05) is 43.2 Å². The Labute approximate surface area is 85.1 Å². The maximum Gasteiger partial charge on any atom is 0.151 e. The number of benzene rings is 1. The van der Waals surface area contributed by atoms with Gasteiger partial charge in [0.05, 0.1) is 6.42 Å². The lowest BCUT2D eigenvalue weighted by Crippen LogP contribution is -2.07. The summed E-state index contributed by atoms with van der Waals surface area (Å²) in [5.74, 6) is 5.67. The summed E-state index contributed by atoms with van der Waals surface area (Å²) in [6.07, 6.45) is 0.354. The molecule has 1 heteroatoms. The van der Waals surface area contributed by atoms with Gasteiger partial charge in [0.1, 0.15) is 0 Å². The lowest BCUT2D eigenvalue weighted by molar-refractivity contribution is -0.119. The lowest BCUT2D eigenvalue weighted by atomic mass is 9.95. The van der Waals surface area contributed by atoms with Crippen molar-refractivity contribution in [1.29, 1.82) is 0 Å². The summed E-state index contributed by atoms with van der Waals surface area (Å²) in [7, 11) is 0. The van der Waals surface area contributed by atoms with Gasteiger partial charge < -0.3 is 0 Å². The minimum Gasteiger partial charge on any atom is -0.298 e. The number of carbonyl (C=O) groups is 1. The van der Waals surface area contributed by atoms with Gasteiger partial charge in [-0.25, -0.2) is 0 Å². The molecule has 0 radical (unpaired) electrons. The van der Waals surface area contributed by atoms with Crippen molar-refractivity contribution in [3.05, 3.63) is 35.9 Å². The maximum absolute atomic E-state index is 11.6. The molecule has 1 unspecified atom stereocenters. The van der Waals surface area contributed by atoms with Crippen LogP contribution in [0.3, 0.4) is 0 Å². The van der Waals surface area contributed by atoms with Crippen LogP contribution < -0.4 is 0 Å². The zero-order valence-electron chi connectivity index (χ0n) is 8.58. The third-order valence-electron chi connectivity index (χ3n) is 2.22. The summed E-state index contributed by atoms with van der Waals surface area (Å²) in [5.41, 5.74) is 1.07. The summed E-state index contributed by atoms with van der Waals surface area (Å²) in [5, 5.41) is 0. The van der Waals surface area contributed by atoms with E-state index in [0.29, 0.717) is 6.42 Å². The summed E-state index contributed by atoms with van der Waals surface area (Å²) in [6, 6.07) is 9.80. The number of Topliss-reactive ketones (excluding diaryl/α,β-unsaturated/α-hetero) is 1. The zero-order valence-corrected chi connectivity index (χ0v) is 8.58. The third kappa shape index (κ3) is 2.74. The first kappa shape index (κ1) is 10.5. The average molecular weight is 186 g/mol. The summed E-state index contributed by atoms with van der Waals surface area (Å²) < 4.78 is 0. The Morgan fingerprint density at radius 1 is 1.36 bits per heavy atom. The van der Waals surface area contributed by atoms with Gasteiger partial charge in [0.2, 0.25) is 0 Å². The highest BCUT2D eigenvalue weighted by molar-refractivity contribution is 5.87. The van der Waals surface area contributed by atoms with E-state index in [1.165, 1.54) is 0 Å². The van der Waals surface area contributed by atoms with Crippen molar-refractivity contribution in [1.82, 2.24) is 0 Å². The van der Waals surface area contributed by atoms with Gasteiger partial charge in [-0.3, -0.25) is 4.79 Å². The van der Waals surface area contributed by atoms with Crippen LogP contribution in [0.15, 0.2) is 30.3 Å². The van der Waals surface area contributed by atoms with Gasteiger partial charge in [-0.15, -0.1) is 5.92 Å². The van der Waals surface area contributed by atoms with Gasteiger partial charge in [0.15, 0.2) is 5.78 Å². The highest BCUT2D eigenvalue weighted by atomic mass is 16.1. The van der Waals surface area contributed by atoms with Crippen LogP contribution in [-0.4, -0.2) is 5.78 Å². The van der Waals surface area contributed by atoms with E-state index in [2.05, 4.69) is 11.8 Å². The highest BCUT2D eigenvalue weighted by Gasteiger charge is 2.12. The van der Waals surface area contributed by atoms with E-state index in [0.717, 1.165) is 5.56 Å². The SMILES string of the molecule is CC#CCC(=O)C(C)c1ccccc1. The normalized spacial score (nSPS) is 11.3. The number of ketones is 1. The number of rotatable bonds is 3. The zero-order chi connectivity index (χ0) is 10.4. The molecule has 0 bridgehead atoms. The fourth-order valence-corrected chi connectivity index (χ4v) is 1.26. The molecule has 0 saturated heterocycles. The van der Waals surface area contributed by atoms with Crippen molar-refractivity contribution in [3.8, 4) is 11.8 Å². The minimum atomic E-state index is -0.0444. The van der Waals surface area contributed by atoms with Crippen molar-refractivity contribution in [2.75, 3.05) is 0 Å². The fourth-order valence-electron chi connectivity index (χ4n) is 1.26. The number of carbonyl (C=O) groups excluding carboxylic acids is 1. The molecule has 0 aliphatic rings. The molecule has 1 nitrogen and oxygen atoms in total. The van der Waals surface area contributed by atoms with E-state index in [1.54, 1.807) is 6.92 Å². The van der Waals surface area contributed by atoms with Crippen LogP contribution >= 0.6 is 0 Å². The first-order chi connectivity index (χ1) is 6.75. The van der Waals surface area contributed by atoms with Crippen LogP contribution in [0.5, 0.6) is 0 Å². The average Bonchev–Trinajstić information content (AvgIpc) is 2.26. The molecule has 0 heterocycles. The maximum atomic E-state index is 11.6. The van der Waals surface area contributed by atoms with E-state index in [4.69, 9.17) is 0 Å². The summed E-state index contributed by atoms with van der Waals surface area (Å²) in [4.78, 5) is 11.6. The van der Waals surface area contributed by atoms with Crippen molar-refractivity contribution >= 4 is 5.78 Å². The Balaban J connectivity index is 2.69. The quantitative estimate of drug-likeness (QED) is 0.663. The smallest absolute Gasteiger partial charge is 0.151 e. The first-order valence-electron chi connectivity index (χ1n) is 4.73. The van der Waals surface area contributed by atoms with Crippen molar-refractivity contribution in [2.24, 2.45) is 0 Å². The van der Waals surface area contributed by atoms with Crippen molar-refractivity contribution in [3.63, 3.8) is 0 Å². The molecule has 14 heavy (non-hydrogen) atoms. The summed E-state index contributed by atoms with van der Waals surface area (Å²) >= 11 is 0. The molecule has 1 aromatic carbocycles. The second-order valence-electron chi connectivity index (χ2n) is 3.20. The Morgan fingerprint density at radius 2 is 2.00 bits per heavy atom. The highest BCUT2D eigenvalue weighted by Crippen LogP contribution is 2.16. The molecular weight excluding hydrogens is 172 g/mol. The van der Waals surface area contributed by atoms with Crippen LogP contribution in [0.2, 0.25) is 0 Å². The molecule has 72 valence electrons.